The zero-order valence-electron chi connectivity index (χ0n) is 10.5. The molecule has 0 bridgehead atoms. The molecular weight excluding hydrogens is 268 g/mol. The molecule has 0 aliphatic carbocycles. The number of carbonyl (C=O) groups is 1. The summed E-state index contributed by atoms with van der Waals surface area (Å²) in [5, 5.41) is 9.59. The number of nitrogens with one attached hydrogen (secondary N) is 2. The van der Waals surface area contributed by atoms with E-state index in [0.717, 1.165) is 0 Å². The molecule has 0 aliphatic rings. The molecule has 0 spiro atoms. The minimum atomic E-state index is -0.370. The summed E-state index contributed by atoms with van der Waals surface area (Å²) in [5.74, 6) is 0.200. The first-order chi connectivity index (χ1) is 9.13. The third kappa shape index (κ3) is 2.85. The first-order valence-electron chi connectivity index (χ1n) is 5.73. The van der Waals surface area contributed by atoms with Crippen LogP contribution in [0.1, 0.15) is 23.0 Å². The molecule has 2 rings (SSSR count). The maximum Gasteiger partial charge on any atom is 0.262 e. The number of aromatic nitrogens is 3. The molecule has 0 aliphatic heterocycles. The highest BCUT2D eigenvalue weighted by molar-refractivity contribution is 6.34. The van der Waals surface area contributed by atoms with Crippen molar-refractivity contribution in [2.75, 3.05) is 11.9 Å². The van der Waals surface area contributed by atoms with Crippen LogP contribution in [0.4, 0.5) is 5.82 Å². The highest BCUT2D eigenvalue weighted by Gasteiger charge is 2.16. The molecular formula is C12H13ClN4O2. The zero-order chi connectivity index (χ0) is 13.8. The molecule has 0 unspecified atom stereocenters. The van der Waals surface area contributed by atoms with Crippen molar-refractivity contribution in [3.63, 3.8) is 0 Å². The van der Waals surface area contributed by atoms with Gasteiger partial charge in [-0.15, -0.1) is 0 Å². The number of hydrogen-bond donors (Lipinski definition) is 2. The first-order valence-corrected chi connectivity index (χ1v) is 6.11. The molecule has 2 aromatic rings. The van der Waals surface area contributed by atoms with Crippen molar-refractivity contribution >= 4 is 23.3 Å². The number of aromatic amines is 1. The van der Waals surface area contributed by atoms with Crippen LogP contribution in [0.2, 0.25) is 5.02 Å². The predicted molar refractivity (Wildman–Crippen MR) is 71.7 cm³/mol. The van der Waals surface area contributed by atoms with Gasteiger partial charge in [0.25, 0.3) is 5.91 Å². The largest absolute Gasteiger partial charge is 0.477 e. The highest BCUT2D eigenvalue weighted by Crippen LogP contribution is 2.23. The van der Waals surface area contributed by atoms with Gasteiger partial charge in [0.05, 0.1) is 12.3 Å². The van der Waals surface area contributed by atoms with Gasteiger partial charge < -0.3 is 10.1 Å². The third-order valence-corrected chi connectivity index (χ3v) is 2.86. The lowest BCUT2D eigenvalue weighted by molar-refractivity contribution is 0.102. The fraction of sp³-hybridized carbons (Fsp3) is 0.250. The molecule has 0 radical (unpaired) electrons. The molecule has 2 heterocycles. The highest BCUT2D eigenvalue weighted by atomic mass is 35.5. The lowest BCUT2D eigenvalue weighted by Gasteiger charge is -2.08. The summed E-state index contributed by atoms with van der Waals surface area (Å²) >= 11 is 5.99. The summed E-state index contributed by atoms with van der Waals surface area (Å²) < 4.78 is 5.30. The monoisotopic (exact) mass is 280 g/mol. The van der Waals surface area contributed by atoms with Crippen molar-refractivity contribution in [1.29, 1.82) is 0 Å². The van der Waals surface area contributed by atoms with Crippen LogP contribution < -0.4 is 10.1 Å². The lowest BCUT2D eigenvalue weighted by Crippen LogP contribution is -2.15. The van der Waals surface area contributed by atoms with Crippen LogP contribution >= 0.6 is 11.6 Å². The van der Waals surface area contributed by atoms with Crippen molar-refractivity contribution < 1.29 is 9.53 Å². The van der Waals surface area contributed by atoms with Crippen molar-refractivity contribution in [2.24, 2.45) is 0 Å². The van der Waals surface area contributed by atoms with Gasteiger partial charge in [0, 0.05) is 6.20 Å². The Hall–Kier alpha value is -2.08. The molecule has 0 saturated heterocycles. The van der Waals surface area contributed by atoms with Crippen LogP contribution in [-0.4, -0.2) is 27.7 Å². The molecule has 0 aromatic carbocycles. The second kappa shape index (κ2) is 5.71. The smallest absolute Gasteiger partial charge is 0.262 e. The average Bonchev–Trinajstić information content (AvgIpc) is 2.72. The lowest BCUT2D eigenvalue weighted by atomic mass is 10.2. The minimum Gasteiger partial charge on any atom is -0.477 e. The van der Waals surface area contributed by atoms with Crippen molar-refractivity contribution in [1.82, 2.24) is 15.2 Å². The number of anilines is 1. The van der Waals surface area contributed by atoms with E-state index in [1.807, 2.05) is 6.92 Å². The fourth-order valence-corrected chi connectivity index (χ4v) is 1.62. The van der Waals surface area contributed by atoms with Gasteiger partial charge in [0.2, 0.25) is 5.88 Å². The molecule has 100 valence electrons. The Morgan fingerprint density at radius 3 is 3.00 bits per heavy atom. The minimum absolute atomic E-state index is 0.283. The van der Waals surface area contributed by atoms with E-state index >= 15 is 0 Å². The van der Waals surface area contributed by atoms with Gasteiger partial charge in [-0.25, -0.2) is 4.98 Å². The molecule has 1 amide bonds. The number of hydrogen-bond acceptors (Lipinski definition) is 4. The van der Waals surface area contributed by atoms with Gasteiger partial charge in [0.1, 0.15) is 10.6 Å². The van der Waals surface area contributed by atoms with Gasteiger partial charge in [-0.3, -0.25) is 9.89 Å². The standard InChI is InChI=1S/C12H13ClN4O2/c1-3-19-12-8(5-4-6-14-12)11(18)15-10-9(13)7(2)16-17-10/h4-6H,3H2,1-2H3,(H2,15,16,17,18). The average molecular weight is 281 g/mol. The van der Waals surface area contributed by atoms with Gasteiger partial charge >= 0.3 is 0 Å². The van der Waals surface area contributed by atoms with Gasteiger partial charge in [0.15, 0.2) is 5.82 Å². The molecule has 0 fully saturated rings. The fourth-order valence-electron chi connectivity index (χ4n) is 1.49. The molecule has 6 nitrogen and oxygen atoms in total. The number of H-pyrrole nitrogens is 1. The number of nitrogens with zero attached hydrogens (tertiary/aromatic N) is 2. The summed E-state index contributed by atoms with van der Waals surface area (Å²) in [4.78, 5) is 16.1. The Balaban J connectivity index is 2.23. The molecule has 0 atom stereocenters. The number of pyridine rings is 1. The number of halogens is 1. The van der Waals surface area contributed by atoms with Crippen LogP contribution in [0.25, 0.3) is 0 Å². The van der Waals surface area contributed by atoms with Crippen LogP contribution in [-0.2, 0) is 0 Å². The third-order valence-electron chi connectivity index (χ3n) is 2.40. The number of aryl methyl sites for hydroxylation is 1. The zero-order valence-corrected chi connectivity index (χ0v) is 11.3. The Labute approximate surface area is 115 Å². The number of ether oxygens (including phenoxy) is 1. The van der Waals surface area contributed by atoms with Gasteiger partial charge in [-0.05, 0) is 26.0 Å². The summed E-state index contributed by atoms with van der Waals surface area (Å²) in [6, 6.07) is 3.29. The maximum atomic E-state index is 12.1. The van der Waals surface area contributed by atoms with Crippen molar-refractivity contribution in [2.45, 2.75) is 13.8 Å². The maximum absolute atomic E-state index is 12.1. The summed E-state index contributed by atoms with van der Waals surface area (Å²) in [7, 11) is 0. The molecule has 2 aromatic heterocycles. The quantitative estimate of drug-likeness (QED) is 0.901. The van der Waals surface area contributed by atoms with Crippen LogP contribution in [0.5, 0.6) is 5.88 Å². The second-order valence-corrected chi connectivity index (χ2v) is 4.13. The number of carbonyl (C=O) groups excluding carboxylic acids is 1. The van der Waals surface area contributed by atoms with E-state index in [-0.39, 0.29) is 17.6 Å². The van der Waals surface area contributed by atoms with Crippen LogP contribution in [0.3, 0.4) is 0 Å². The summed E-state index contributed by atoms with van der Waals surface area (Å²) in [5.41, 5.74) is 1.02. The van der Waals surface area contributed by atoms with Crippen LogP contribution in [0.15, 0.2) is 18.3 Å². The summed E-state index contributed by atoms with van der Waals surface area (Å²) in [6.45, 7) is 4.02. The van der Waals surface area contributed by atoms with E-state index in [1.165, 1.54) is 0 Å². The Morgan fingerprint density at radius 1 is 1.58 bits per heavy atom. The van der Waals surface area contributed by atoms with E-state index < -0.39 is 0 Å². The van der Waals surface area contributed by atoms with Crippen molar-refractivity contribution in [3.05, 3.63) is 34.6 Å². The van der Waals surface area contributed by atoms with E-state index in [4.69, 9.17) is 16.3 Å². The van der Waals surface area contributed by atoms with Gasteiger partial charge in [-0.2, -0.15) is 5.10 Å². The van der Waals surface area contributed by atoms with E-state index in [2.05, 4.69) is 20.5 Å². The summed E-state index contributed by atoms with van der Waals surface area (Å²) in [6.07, 6.45) is 1.56. The van der Waals surface area contributed by atoms with E-state index in [9.17, 15) is 4.79 Å². The Kier molecular flexibility index (Phi) is 4.01. The number of rotatable bonds is 4. The van der Waals surface area contributed by atoms with Crippen molar-refractivity contribution in [3.8, 4) is 5.88 Å². The molecule has 7 heteroatoms. The Morgan fingerprint density at radius 2 is 2.37 bits per heavy atom. The SMILES string of the molecule is CCOc1ncccc1C(=O)Nc1n[nH]c(C)c1Cl. The normalized spacial score (nSPS) is 10.3. The molecule has 0 saturated carbocycles. The number of amides is 1. The molecule has 19 heavy (non-hydrogen) atoms. The van der Waals surface area contributed by atoms with Gasteiger partial charge in [-0.1, -0.05) is 11.6 Å². The van der Waals surface area contributed by atoms with Crippen LogP contribution in [0, 0.1) is 6.92 Å². The topological polar surface area (TPSA) is 79.9 Å². The molecule has 2 N–H and O–H groups in total. The van der Waals surface area contributed by atoms with E-state index in [1.54, 1.807) is 25.3 Å². The second-order valence-electron chi connectivity index (χ2n) is 3.75. The Bertz CT molecular complexity index is 597. The first kappa shape index (κ1) is 13.4. The predicted octanol–water partition coefficient (Wildman–Crippen LogP) is 2.42. The van der Waals surface area contributed by atoms with E-state index in [0.29, 0.717) is 22.9 Å².